The lowest BCUT2D eigenvalue weighted by Gasteiger charge is -2.52. The monoisotopic (exact) mass is 482 g/mol. The molecule has 3 fully saturated rings. The number of carbonyl (C=O) groups excluding carboxylic acids is 2. The van der Waals surface area contributed by atoms with Crippen LogP contribution in [0.5, 0.6) is 0 Å². The number of Topliss-reactive ketones (excluding diaryl/α,β-unsaturated/α-hetero) is 1. The van der Waals surface area contributed by atoms with Gasteiger partial charge in [-0.3, -0.25) is 9.59 Å². The summed E-state index contributed by atoms with van der Waals surface area (Å²) in [7, 11) is 0. The molecule has 2 aromatic heterocycles. The van der Waals surface area contributed by atoms with E-state index in [0.717, 1.165) is 60.8 Å². The number of aromatic nitrogens is 1. The summed E-state index contributed by atoms with van der Waals surface area (Å²) in [6.45, 7) is 2.46. The number of hydrogen-bond donors (Lipinski definition) is 1. The summed E-state index contributed by atoms with van der Waals surface area (Å²) >= 11 is 1.63. The Kier molecular flexibility index (Phi) is 5.41. The van der Waals surface area contributed by atoms with E-state index in [0.29, 0.717) is 5.78 Å². The van der Waals surface area contributed by atoms with E-state index in [4.69, 9.17) is 0 Å². The molecule has 0 saturated heterocycles. The van der Waals surface area contributed by atoms with Crippen molar-refractivity contribution >= 4 is 33.2 Å². The van der Waals surface area contributed by atoms with E-state index in [1.807, 2.05) is 11.4 Å². The Balaban J connectivity index is 1.21. The van der Waals surface area contributed by atoms with Crippen LogP contribution in [0.25, 0.3) is 21.3 Å². The highest BCUT2D eigenvalue weighted by Gasteiger charge is 2.51. The molecule has 35 heavy (non-hydrogen) atoms. The largest absolute Gasteiger partial charge is 0.347 e. The zero-order valence-electron chi connectivity index (χ0n) is 20.0. The molecule has 0 aliphatic heterocycles. The van der Waals surface area contributed by atoms with Crippen molar-refractivity contribution in [1.82, 2.24) is 9.88 Å². The SMILES string of the molecule is CC(=O)C12CCC(NC(=O)c3csc4ccn(Cc5ccc(-c6ccccc6)cc5)c34)(CC1)CC2. The van der Waals surface area contributed by atoms with Gasteiger partial charge in [0.2, 0.25) is 0 Å². The Morgan fingerprint density at radius 3 is 2.20 bits per heavy atom. The lowest BCUT2D eigenvalue weighted by Crippen LogP contribution is -2.58. The van der Waals surface area contributed by atoms with Gasteiger partial charge in [0.25, 0.3) is 5.91 Å². The van der Waals surface area contributed by atoms with Crippen LogP contribution in [0.15, 0.2) is 72.2 Å². The third-order valence-corrected chi connectivity index (χ3v) is 9.45. The number of nitrogens with zero attached hydrogens (tertiary/aromatic N) is 1. The van der Waals surface area contributed by atoms with Crippen molar-refractivity contribution in [2.75, 3.05) is 0 Å². The molecule has 0 atom stereocenters. The molecule has 7 rings (SSSR count). The quantitative estimate of drug-likeness (QED) is 0.327. The molecule has 2 bridgehead atoms. The number of carbonyl (C=O) groups is 2. The molecule has 0 unspecified atom stereocenters. The standard InChI is InChI=1S/C30H30N2O2S/c1-21(33)29-12-15-30(16-13-29,17-14-29)31-28(34)25-20-35-26-11-18-32(27(25)26)19-22-7-9-24(10-8-22)23-5-3-2-4-6-23/h2-11,18,20H,12-17,19H2,1H3,(H,31,34). The fraction of sp³-hybridized carbons (Fsp3) is 0.333. The summed E-state index contributed by atoms with van der Waals surface area (Å²) in [6.07, 6.45) is 7.50. The van der Waals surface area contributed by atoms with Crippen LogP contribution in [0.4, 0.5) is 0 Å². The second-order valence-electron chi connectivity index (χ2n) is 10.4. The average Bonchev–Trinajstić information content (AvgIpc) is 3.49. The summed E-state index contributed by atoms with van der Waals surface area (Å²) in [5, 5.41) is 5.42. The molecular formula is C30H30N2O2S. The fourth-order valence-corrected chi connectivity index (χ4v) is 7.09. The van der Waals surface area contributed by atoms with Crippen molar-refractivity contribution in [3.8, 4) is 11.1 Å². The number of amides is 1. The zero-order chi connectivity index (χ0) is 24.0. The summed E-state index contributed by atoms with van der Waals surface area (Å²) in [5.74, 6) is 0.346. The molecule has 178 valence electrons. The first-order chi connectivity index (χ1) is 17.0. The Hall–Kier alpha value is -3.18. The Morgan fingerprint density at radius 1 is 0.886 bits per heavy atom. The second-order valence-corrected chi connectivity index (χ2v) is 11.4. The Morgan fingerprint density at radius 2 is 1.54 bits per heavy atom. The van der Waals surface area contributed by atoms with Gasteiger partial charge in [-0.25, -0.2) is 0 Å². The average molecular weight is 483 g/mol. The first-order valence-corrected chi connectivity index (χ1v) is 13.4. The summed E-state index contributed by atoms with van der Waals surface area (Å²) in [6, 6.07) is 21.2. The summed E-state index contributed by atoms with van der Waals surface area (Å²) in [4.78, 5) is 25.7. The number of nitrogens with one attached hydrogen (secondary N) is 1. The molecule has 0 spiro atoms. The zero-order valence-corrected chi connectivity index (χ0v) is 20.9. The maximum absolute atomic E-state index is 13.5. The maximum atomic E-state index is 13.5. The van der Waals surface area contributed by atoms with Gasteiger partial charge < -0.3 is 9.88 Å². The second kappa shape index (κ2) is 8.49. The molecule has 4 nitrogen and oxygen atoms in total. The summed E-state index contributed by atoms with van der Waals surface area (Å²) in [5.41, 5.74) is 5.11. The van der Waals surface area contributed by atoms with E-state index in [1.165, 1.54) is 16.7 Å². The van der Waals surface area contributed by atoms with Gasteiger partial charge in [-0.15, -0.1) is 11.3 Å². The van der Waals surface area contributed by atoms with Gasteiger partial charge in [0, 0.05) is 29.1 Å². The highest BCUT2D eigenvalue weighted by molar-refractivity contribution is 7.17. The van der Waals surface area contributed by atoms with E-state index >= 15 is 0 Å². The number of ketones is 1. The van der Waals surface area contributed by atoms with E-state index in [1.54, 1.807) is 18.3 Å². The number of fused-ring (bicyclic) bond motifs is 4. The van der Waals surface area contributed by atoms with Gasteiger partial charge in [-0.1, -0.05) is 54.6 Å². The third-order valence-electron chi connectivity index (χ3n) is 8.52. The van der Waals surface area contributed by atoms with Crippen LogP contribution in [-0.2, 0) is 11.3 Å². The third kappa shape index (κ3) is 3.92. The van der Waals surface area contributed by atoms with Gasteiger partial charge >= 0.3 is 0 Å². The van der Waals surface area contributed by atoms with Crippen LogP contribution in [0, 0.1) is 5.41 Å². The van der Waals surface area contributed by atoms with Crippen molar-refractivity contribution in [3.63, 3.8) is 0 Å². The molecule has 3 saturated carbocycles. The van der Waals surface area contributed by atoms with E-state index in [2.05, 4.69) is 70.7 Å². The Bertz CT molecular complexity index is 1370. The molecule has 0 radical (unpaired) electrons. The summed E-state index contributed by atoms with van der Waals surface area (Å²) < 4.78 is 3.33. The highest BCUT2D eigenvalue weighted by Crippen LogP contribution is 2.52. The highest BCUT2D eigenvalue weighted by atomic mass is 32.1. The molecule has 1 amide bonds. The minimum absolute atomic E-state index is 0.0212. The van der Waals surface area contributed by atoms with E-state index in [9.17, 15) is 9.59 Å². The van der Waals surface area contributed by atoms with Gasteiger partial charge in [-0.2, -0.15) is 0 Å². The molecule has 3 aliphatic carbocycles. The minimum Gasteiger partial charge on any atom is -0.347 e. The normalized spacial score (nSPS) is 23.5. The molecular weight excluding hydrogens is 452 g/mol. The first kappa shape index (κ1) is 22.3. The van der Waals surface area contributed by atoms with Crippen molar-refractivity contribution in [2.45, 2.75) is 57.5 Å². The van der Waals surface area contributed by atoms with E-state index in [-0.39, 0.29) is 16.9 Å². The molecule has 1 N–H and O–H groups in total. The van der Waals surface area contributed by atoms with Gasteiger partial charge in [0.05, 0.1) is 15.8 Å². The lowest BCUT2D eigenvalue weighted by molar-refractivity contribution is -0.133. The molecule has 3 aliphatic rings. The molecule has 4 aromatic rings. The van der Waals surface area contributed by atoms with Gasteiger partial charge in [0.1, 0.15) is 5.78 Å². The molecule has 2 aromatic carbocycles. The predicted molar refractivity (Wildman–Crippen MR) is 142 cm³/mol. The van der Waals surface area contributed by atoms with Crippen LogP contribution in [-0.4, -0.2) is 21.8 Å². The van der Waals surface area contributed by atoms with Crippen molar-refractivity contribution in [1.29, 1.82) is 0 Å². The van der Waals surface area contributed by atoms with Crippen LogP contribution >= 0.6 is 11.3 Å². The number of thiophene rings is 1. The van der Waals surface area contributed by atoms with Gasteiger partial charge in [-0.05, 0) is 68.2 Å². The van der Waals surface area contributed by atoms with Gasteiger partial charge in [0.15, 0.2) is 0 Å². The molecule has 5 heteroatoms. The number of benzene rings is 2. The predicted octanol–water partition coefficient (Wildman–Crippen LogP) is 6.83. The van der Waals surface area contributed by atoms with Crippen LogP contribution in [0.1, 0.15) is 61.4 Å². The number of hydrogen-bond acceptors (Lipinski definition) is 3. The first-order valence-electron chi connectivity index (χ1n) is 12.5. The lowest BCUT2D eigenvalue weighted by atomic mass is 9.56. The minimum atomic E-state index is -0.159. The van der Waals surface area contributed by atoms with Crippen LogP contribution in [0.2, 0.25) is 0 Å². The van der Waals surface area contributed by atoms with Crippen molar-refractivity contribution in [3.05, 3.63) is 83.4 Å². The van der Waals surface area contributed by atoms with Crippen LogP contribution < -0.4 is 5.32 Å². The van der Waals surface area contributed by atoms with Crippen molar-refractivity contribution in [2.24, 2.45) is 5.41 Å². The Labute approximate surface area is 210 Å². The number of rotatable bonds is 6. The fourth-order valence-electron chi connectivity index (χ4n) is 6.15. The molecule has 2 heterocycles. The van der Waals surface area contributed by atoms with Crippen LogP contribution in [0.3, 0.4) is 0 Å². The smallest absolute Gasteiger partial charge is 0.254 e. The topological polar surface area (TPSA) is 51.1 Å². The van der Waals surface area contributed by atoms with E-state index < -0.39 is 0 Å². The maximum Gasteiger partial charge on any atom is 0.254 e. The van der Waals surface area contributed by atoms with Crippen molar-refractivity contribution < 1.29 is 9.59 Å².